The standard InChI is InChI=1S/C12H22N2O3/c1-9(15)13-11-6-10(7-14(2)8-11)4-5-12(16)17-3/h10-11H,4-8H2,1-3H3,(H,13,15). The first-order chi connectivity index (χ1) is 8.01. The van der Waals surface area contributed by atoms with Crippen LogP contribution in [0.1, 0.15) is 26.2 Å². The van der Waals surface area contributed by atoms with Gasteiger partial charge in [-0.2, -0.15) is 0 Å². The second-order valence-electron chi connectivity index (χ2n) is 4.84. The molecular formula is C12H22N2O3. The first kappa shape index (κ1) is 14.0. The van der Waals surface area contributed by atoms with E-state index < -0.39 is 0 Å². The summed E-state index contributed by atoms with van der Waals surface area (Å²) in [5, 5.41) is 2.95. The Hall–Kier alpha value is -1.10. The number of hydrogen-bond acceptors (Lipinski definition) is 4. The molecule has 0 aliphatic carbocycles. The van der Waals surface area contributed by atoms with Crippen molar-refractivity contribution < 1.29 is 14.3 Å². The minimum atomic E-state index is -0.158. The van der Waals surface area contributed by atoms with E-state index >= 15 is 0 Å². The molecule has 1 aliphatic heterocycles. The number of piperidine rings is 1. The van der Waals surface area contributed by atoms with Gasteiger partial charge in [0, 0.05) is 32.5 Å². The molecule has 0 bridgehead atoms. The predicted octanol–water partition coefficient (Wildman–Crippen LogP) is 0.396. The Morgan fingerprint density at radius 3 is 2.71 bits per heavy atom. The molecule has 17 heavy (non-hydrogen) atoms. The first-order valence-corrected chi connectivity index (χ1v) is 6.03. The Morgan fingerprint density at radius 2 is 2.12 bits per heavy atom. The summed E-state index contributed by atoms with van der Waals surface area (Å²) in [6.45, 7) is 3.40. The van der Waals surface area contributed by atoms with E-state index in [1.807, 2.05) is 7.05 Å². The van der Waals surface area contributed by atoms with Crippen molar-refractivity contribution in [2.75, 3.05) is 27.2 Å². The van der Waals surface area contributed by atoms with Gasteiger partial charge in [-0.3, -0.25) is 9.59 Å². The van der Waals surface area contributed by atoms with Crippen molar-refractivity contribution in [1.82, 2.24) is 10.2 Å². The van der Waals surface area contributed by atoms with Crippen LogP contribution in [0.5, 0.6) is 0 Å². The van der Waals surface area contributed by atoms with Gasteiger partial charge in [-0.25, -0.2) is 0 Å². The van der Waals surface area contributed by atoms with Gasteiger partial charge in [-0.05, 0) is 25.8 Å². The monoisotopic (exact) mass is 242 g/mol. The van der Waals surface area contributed by atoms with Crippen LogP contribution >= 0.6 is 0 Å². The fraction of sp³-hybridized carbons (Fsp3) is 0.833. The van der Waals surface area contributed by atoms with Gasteiger partial charge < -0.3 is 15.0 Å². The number of likely N-dealkylation sites (N-methyl/N-ethyl adjacent to an activating group) is 1. The Kier molecular flexibility index (Phi) is 5.41. The third-order valence-electron chi connectivity index (χ3n) is 3.11. The maximum Gasteiger partial charge on any atom is 0.305 e. The zero-order valence-corrected chi connectivity index (χ0v) is 10.9. The molecule has 1 saturated heterocycles. The summed E-state index contributed by atoms with van der Waals surface area (Å²) >= 11 is 0. The molecule has 1 fully saturated rings. The van der Waals surface area contributed by atoms with Gasteiger partial charge in [0.1, 0.15) is 0 Å². The molecule has 0 saturated carbocycles. The number of carbonyl (C=O) groups is 2. The number of carbonyl (C=O) groups excluding carboxylic acids is 2. The smallest absolute Gasteiger partial charge is 0.305 e. The van der Waals surface area contributed by atoms with E-state index in [9.17, 15) is 9.59 Å². The quantitative estimate of drug-likeness (QED) is 0.725. The molecule has 1 amide bonds. The van der Waals surface area contributed by atoms with Gasteiger partial charge in [0.15, 0.2) is 0 Å². The number of methoxy groups -OCH3 is 1. The number of hydrogen-bond donors (Lipinski definition) is 1. The van der Waals surface area contributed by atoms with Gasteiger partial charge in [-0.15, -0.1) is 0 Å². The number of likely N-dealkylation sites (tertiary alicyclic amines) is 1. The van der Waals surface area contributed by atoms with Crippen LogP contribution in [0.2, 0.25) is 0 Å². The van der Waals surface area contributed by atoms with Gasteiger partial charge in [-0.1, -0.05) is 0 Å². The van der Waals surface area contributed by atoms with Gasteiger partial charge in [0.25, 0.3) is 0 Å². The van der Waals surface area contributed by atoms with Crippen molar-refractivity contribution in [3.8, 4) is 0 Å². The topological polar surface area (TPSA) is 58.6 Å². The molecule has 0 spiro atoms. The van der Waals surface area contributed by atoms with Crippen molar-refractivity contribution in [3.63, 3.8) is 0 Å². The number of ether oxygens (including phenoxy) is 1. The van der Waals surface area contributed by atoms with E-state index in [1.165, 1.54) is 14.0 Å². The number of amides is 1. The van der Waals surface area contributed by atoms with Crippen LogP contribution in [0.25, 0.3) is 0 Å². The third-order valence-corrected chi connectivity index (χ3v) is 3.11. The largest absolute Gasteiger partial charge is 0.469 e. The summed E-state index contributed by atoms with van der Waals surface area (Å²) in [7, 11) is 3.45. The second-order valence-corrected chi connectivity index (χ2v) is 4.84. The summed E-state index contributed by atoms with van der Waals surface area (Å²) in [5.41, 5.74) is 0. The summed E-state index contributed by atoms with van der Waals surface area (Å²) in [6.07, 6.45) is 2.23. The predicted molar refractivity (Wildman–Crippen MR) is 64.5 cm³/mol. The van der Waals surface area contributed by atoms with E-state index in [0.29, 0.717) is 12.3 Å². The summed E-state index contributed by atoms with van der Waals surface area (Å²) in [4.78, 5) is 24.3. The molecule has 0 aromatic carbocycles. The molecule has 5 heteroatoms. The fourth-order valence-corrected chi connectivity index (χ4v) is 2.47. The van der Waals surface area contributed by atoms with Crippen molar-refractivity contribution >= 4 is 11.9 Å². The third kappa shape index (κ3) is 5.17. The fourth-order valence-electron chi connectivity index (χ4n) is 2.47. The lowest BCUT2D eigenvalue weighted by atomic mass is 9.90. The Bertz CT molecular complexity index is 281. The lowest BCUT2D eigenvalue weighted by molar-refractivity contribution is -0.141. The number of esters is 1. The average molecular weight is 242 g/mol. The Balaban J connectivity index is 2.39. The maximum absolute atomic E-state index is 11.1. The van der Waals surface area contributed by atoms with Crippen molar-refractivity contribution in [2.45, 2.75) is 32.2 Å². The lowest BCUT2D eigenvalue weighted by Crippen LogP contribution is -2.49. The molecule has 2 atom stereocenters. The summed E-state index contributed by atoms with van der Waals surface area (Å²) in [5.74, 6) is 0.302. The van der Waals surface area contributed by atoms with E-state index in [-0.39, 0.29) is 17.9 Å². The molecule has 0 radical (unpaired) electrons. The highest BCUT2D eigenvalue weighted by atomic mass is 16.5. The highest BCUT2D eigenvalue weighted by molar-refractivity contribution is 5.73. The van der Waals surface area contributed by atoms with E-state index in [0.717, 1.165) is 25.9 Å². The molecule has 2 unspecified atom stereocenters. The first-order valence-electron chi connectivity index (χ1n) is 6.03. The van der Waals surface area contributed by atoms with Gasteiger partial charge >= 0.3 is 5.97 Å². The Morgan fingerprint density at radius 1 is 1.41 bits per heavy atom. The Labute approximate surface area is 102 Å². The second kappa shape index (κ2) is 6.59. The van der Waals surface area contributed by atoms with E-state index in [1.54, 1.807) is 0 Å². The molecule has 1 N–H and O–H groups in total. The van der Waals surface area contributed by atoms with Gasteiger partial charge in [0.05, 0.1) is 7.11 Å². The van der Waals surface area contributed by atoms with Crippen molar-refractivity contribution in [1.29, 1.82) is 0 Å². The average Bonchev–Trinajstić information content (AvgIpc) is 2.24. The SMILES string of the molecule is COC(=O)CCC1CC(NC(C)=O)CN(C)C1. The van der Waals surface area contributed by atoms with Crippen molar-refractivity contribution in [3.05, 3.63) is 0 Å². The highest BCUT2D eigenvalue weighted by Gasteiger charge is 2.26. The molecule has 5 nitrogen and oxygen atoms in total. The van der Waals surface area contributed by atoms with Crippen LogP contribution < -0.4 is 5.32 Å². The maximum atomic E-state index is 11.1. The van der Waals surface area contributed by atoms with Gasteiger partial charge in [0.2, 0.25) is 5.91 Å². The molecule has 98 valence electrons. The molecule has 1 aliphatic rings. The number of nitrogens with one attached hydrogen (secondary N) is 1. The van der Waals surface area contributed by atoms with Crippen molar-refractivity contribution in [2.24, 2.45) is 5.92 Å². The number of rotatable bonds is 4. The van der Waals surface area contributed by atoms with E-state index in [2.05, 4.69) is 15.0 Å². The molecule has 0 aromatic rings. The summed E-state index contributed by atoms with van der Waals surface area (Å²) in [6, 6.07) is 0.203. The molecule has 1 rings (SSSR count). The van der Waals surface area contributed by atoms with Crippen LogP contribution in [0.15, 0.2) is 0 Å². The minimum absolute atomic E-state index is 0.0111. The zero-order chi connectivity index (χ0) is 12.8. The normalized spacial score (nSPS) is 25.4. The molecule has 1 heterocycles. The lowest BCUT2D eigenvalue weighted by Gasteiger charge is -2.35. The molecular weight excluding hydrogens is 220 g/mol. The molecule has 0 aromatic heterocycles. The zero-order valence-electron chi connectivity index (χ0n) is 10.9. The van der Waals surface area contributed by atoms with Crippen LogP contribution in [-0.4, -0.2) is 50.1 Å². The highest BCUT2D eigenvalue weighted by Crippen LogP contribution is 2.20. The van der Waals surface area contributed by atoms with Crippen LogP contribution in [0.4, 0.5) is 0 Å². The number of nitrogens with zero attached hydrogens (tertiary/aromatic N) is 1. The van der Waals surface area contributed by atoms with Crippen LogP contribution in [0, 0.1) is 5.92 Å². The van der Waals surface area contributed by atoms with E-state index in [4.69, 9.17) is 0 Å². The van der Waals surface area contributed by atoms with Crippen LogP contribution in [-0.2, 0) is 14.3 Å². The van der Waals surface area contributed by atoms with Crippen LogP contribution in [0.3, 0.4) is 0 Å². The summed E-state index contributed by atoms with van der Waals surface area (Å²) < 4.78 is 4.64. The minimum Gasteiger partial charge on any atom is -0.469 e.